The van der Waals surface area contributed by atoms with Crippen molar-refractivity contribution in [3.8, 4) is 0 Å². The molecule has 0 radical (unpaired) electrons. The standard InChI is InChI=1S/C13H22N2O5S3/c1-3-15-11-7-9(5-6-20-4-2)22(16,17)13-10(11)8-12(21-13)23(14,18)19/h7-8,10-11,13,15H,3-6H2,1-2H3,(H2,14,18,19). The second kappa shape index (κ2) is 7.24. The number of hydrogen-bond donors (Lipinski definition) is 2. The smallest absolute Gasteiger partial charge is 0.243 e. The number of rotatable bonds is 7. The van der Waals surface area contributed by atoms with Gasteiger partial charge in [0, 0.05) is 29.9 Å². The first-order valence-electron chi connectivity index (χ1n) is 7.38. The SMILES string of the molecule is CCNC1C=C(CCOCC)S(=O)(=O)C2SC(S(N)(=O)=O)=CC12. The van der Waals surface area contributed by atoms with Crippen molar-refractivity contribution in [2.24, 2.45) is 11.1 Å². The summed E-state index contributed by atoms with van der Waals surface area (Å²) < 4.78 is 53.0. The van der Waals surface area contributed by atoms with Gasteiger partial charge >= 0.3 is 0 Å². The van der Waals surface area contributed by atoms with E-state index in [1.807, 2.05) is 13.8 Å². The third-order valence-electron chi connectivity index (χ3n) is 3.74. The van der Waals surface area contributed by atoms with E-state index in [2.05, 4.69) is 5.32 Å². The number of hydrogen-bond acceptors (Lipinski definition) is 7. The van der Waals surface area contributed by atoms with E-state index in [4.69, 9.17) is 9.88 Å². The van der Waals surface area contributed by atoms with E-state index < -0.39 is 30.4 Å². The minimum atomic E-state index is -3.90. The van der Waals surface area contributed by atoms with Crippen molar-refractivity contribution in [1.29, 1.82) is 0 Å². The molecule has 3 N–H and O–H groups in total. The molecule has 2 rings (SSSR count). The third-order valence-corrected chi connectivity index (χ3v) is 9.39. The summed E-state index contributed by atoms with van der Waals surface area (Å²) in [6.45, 7) is 5.24. The first kappa shape index (κ1) is 18.9. The van der Waals surface area contributed by atoms with Gasteiger partial charge in [-0.1, -0.05) is 30.8 Å². The largest absolute Gasteiger partial charge is 0.381 e. The molecule has 23 heavy (non-hydrogen) atoms. The van der Waals surface area contributed by atoms with Gasteiger partial charge in [-0.25, -0.2) is 22.0 Å². The molecule has 2 aliphatic heterocycles. The highest BCUT2D eigenvalue weighted by atomic mass is 32.3. The second-order valence-electron chi connectivity index (χ2n) is 5.30. The summed E-state index contributed by atoms with van der Waals surface area (Å²) in [4.78, 5) is 0.301. The maximum Gasteiger partial charge on any atom is 0.243 e. The average Bonchev–Trinajstić information content (AvgIpc) is 2.90. The van der Waals surface area contributed by atoms with E-state index in [1.54, 1.807) is 6.08 Å². The van der Waals surface area contributed by atoms with Crippen molar-refractivity contribution in [2.45, 2.75) is 30.9 Å². The molecule has 2 heterocycles. The zero-order chi connectivity index (χ0) is 17.3. The maximum atomic E-state index is 12.8. The first-order chi connectivity index (χ1) is 10.7. The molecule has 0 aromatic carbocycles. The molecule has 2 aliphatic rings. The first-order valence-corrected chi connectivity index (χ1v) is 11.4. The molecular weight excluding hydrogens is 360 g/mol. The lowest BCUT2D eigenvalue weighted by Gasteiger charge is -2.32. The van der Waals surface area contributed by atoms with Gasteiger partial charge in [0.1, 0.15) is 8.82 Å². The maximum absolute atomic E-state index is 12.8. The highest BCUT2D eigenvalue weighted by molar-refractivity contribution is 8.24. The van der Waals surface area contributed by atoms with Crippen LogP contribution in [0.2, 0.25) is 0 Å². The normalized spacial score (nSPS) is 29.8. The van der Waals surface area contributed by atoms with E-state index in [0.29, 0.717) is 24.7 Å². The van der Waals surface area contributed by atoms with E-state index in [0.717, 1.165) is 11.8 Å². The Morgan fingerprint density at radius 1 is 1.35 bits per heavy atom. The Morgan fingerprint density at radius 2 is 2.04 bits per heavy atom. The van der Waals surface area contributed by atoms with Crippen LogP contribution in [-0.4, -0.2) is 47.2 Å². The molecule has 0 fully saturated rings. The van der Waals surface area contributed by atoms with Crippen molar-refractivity contribution in [1.82, 2.24) is 5.32 Å². The summed E-state index contributed by atoms with van der Waals surface area (Å²) in [5, 5.41) is 8.38. The summed E-state index contributed by atoms with van der Waals surface area (Å²) in [7, 11) is -7.50. The molecule has 10 heteroatoms. The molecule has 0 amide bonds. The van der Waals surface area contributed by atoms with Crippen LogP contribution in [0.4, 0.5) is 0 Å². The average molecular weight is 383 g/mol. The molecule has 7 nitrogen and oxygen atoms in total. The molecule has 0 aromatic heterocycles. The van der Waals surface area contributed by atoms with Crippen LogP contribution in [0.15, 0.2) is 21.3 Å². The van der Waals surface area contributed by atoms with Crippen molar-refractivity contribution in [2.75, 3.05) is 19.8 Å². The highest BCUT2D eigenvalue weighted by Crippen LogP contribution is 2.48. The van der Waals surface area contributed by atoms with Gasteiger partial charge in [0.2, 0.25) is 10.0 Å². The van der Waals surface area contributed by atoms with Crippen LogP contribution in [0.1, 0.15) is 20.3 Å². The number of fused-ring (bicyclic) bond motifs is 1. The van der Waals surface area contributed by atoms with Crippen LogP contribution < -0.4 is 10.5 Å². The predicted molar refractivity (Wildman–Crippen MR) is 91.6 cm³/mol. The molecular formula is C13H22N2O5S3. The highest BCUT2D eigenvalue weighted by Gasteiger charge is 2.48. The molecule has 0 spiro atoms. The summed E-state index contributed by atoms with van der Waals surface area (Å²) in [5.74, 6) is -0.450. The fourth-order valence-electron chi connectivity index (χ4n) is 2.70. The van der Waals surface area contributed by atoms with Crippen LogP contribution in [0.25, 0.3) is 0 Å². The zero-order valence-electron chi connectivity index (χ0n) is 13.1. The Morgan fingerprint density at radius 3 is 2.61 bits per heavy atom. The number of thioether (sulfide) groups is 1. The van der Waals surface area contributed by atoms with Gasteiger partial charge in [-0.2, -0.15) is 0 Å². The molecule has 0 bridgehead atoms. The lowest BCUT2D eigenvalue weighted by atomic mass is 10.0. The fraction of sp³-hybridized carbons (Fsp3) is 0.692. The minimum absolute atomic E-state index is 0.0709. The zero-order valence-corrected chi connectivity index (χ0v) is 15.5. The summed E-state index contributed by atoms with van der Waals surface area (Å²) in [5.41, 5.74) is 0. The molecule has 3 unspecified atom stereocenters. The van der Waals surface area contributed by atoms with Crippen molar-refractivity contribution >= 4 is 31.6 Å². The van der Waals surface area contributed by atoms with Gasteiger partial charge in [0.05, 0.1) is 6.61 Å². The lowest BCUT2D eigenvalue weighted by molar-refractivity contribution is 0.151. The Bertz CT molecular complexity index is 712. The number of sulfone groups is 1. The molecule has 0 saturated carbocycles. The Labute approximate surface area is 141 Å². The summed E-state index contributed by atoms with van der Waals surface area (Å²) >= 11 is 0.820. The summed E-state index contributed by atoms with van der Waals surface area (Å²) in [6.07, 6.45) is 3.43. The number of nitrogens with two attached hydrogens (primary N) is 1. The monoisotopic (exact) mass is 382 g/mol. The van der Waals surface area contributed by atoms with Gasteiger partial charge in [0.15, 0.2) is 9.84 Å². The molecule has 3 atom stereocenters. The third kappa shape index (κ3) is 3.99. The van der Waals surface area contributed by atoms with E-state index >= 15 is 0 Å². The van der Waals surface area contributed by atoms with Crippen LogP contribution in [0.5, 0.6) is 0 Å². The molecule has 0 saturated heterocycles. The van der Waals surface area contributed by atoms with Gasteiger partial charge < -0.3 is 10.1 Å². The van der Waals surface area contributed by atoms with Crippen molar-refractivity contribution < 1.29 is 21.6 Å². The summed E-state index contributed by atoms with van der Waals surface area (Å²) in [6, 6.07) is -0.239. The van der Waals surface area contributed by atoms with Crippen LogP contribution in [0.3, 0.4) is 0 Å². The molecule has 0 aliphatic carbocycles. The van der Waals surface area contributed by atoms with Crippen molar-refractivity contribution in [3.63, 3.8) is 0 Å². The predicted octanol–water partition coefficient (Wildman–Crippen LogP) is 0.522. The quantitative estimate of drug-likeness (QED) is 0.617. The Kier molecular flexibility index (Phi) is 5.96. The topological polar surface area (TPSA) is 116 Å². The van der Waals surface area contributed by atoms with E-state index in [-0.39, 0.29) is 16.7 Å². The van der Waals surface area contributed by atoms with Crippen LogP contribution in [-0.2, 0) is 24.6 Å². The number of ether oxygens (including phenoxy) is 1. The van der Waals surface area contributed by atoms with Gasteiger partial charge in [0.25, 0.3) is 0 Å². The Balaban J connectivity index is 2.35. The minimum Gasteiger partial charge on any atom is -0.381 e. The fourth-order valence-corrected chi connectivity index (χ4v) is 7.80. The number of likely N-dealkylation sites (N-methyl/N-ethyl adjacent to an activating group) is 1. The van der Waals surface area contributed by atoms with Crippen LogP contribution in [0, 0.1) is 5.92 Å². The van der Waals surface area contributed by atoms with Crippen LogP contribution >= 0.6 is 11.8 Å². The van der Waals surface area contributed by atoms with Crippen molar-refractivity contribution in [3.05, 3.63) is 21.3 Å². The van der Waals surface area contributed by atoms with Gasteiger partial charge in [-0.3, -0.25) is 0 Å². The van der Waals surface area contributed by atoms with Gasteiger partial charge in [-0.05, 0) is 13.5 Å². The molecule has 0 aromatic rings. The second-order valence-corrected chi connectivity index (χ2v) is 10.7. The number of primary sulfonamides is 1. The van der Waals surface area contributed by atoms with E-state index in [1.165, 1.54) is 6.08 Å². The Hall–Kier alpha value is -0.390. The number of nitrogens with one attached hydrogen (secondary N) is 1. The number of sulfonamides is 1. The van der Waals surface area contributed by atoms with Gasteiger partial charge in [-0.15, -0.1) is 0 Å². The molecule has 132 valence electrons. The van der Waals surface area contributed by atoms with E-state index in [9.17, 15) is 16.8 Å². The lowest BCUT2D eigenvalue weighted by Crippen LogP contribution is -2.44.